The molecule has 3 rings (SSSR count). The van der Waals surface area contributed by atoms with Crippen molar-refractivity contribution >= 4 is 10.8 Å². The third-order valence-corrected chi connectivity index (χ3v) is 3.54. The Morgan fingerprint density at radius 1 is 0.955 bits per heavy atom. The van der Waals surface area contributed by atoms with Crippen molar-refractivity contribution in [2.24, 2.45) is 0 Å². The monoisotopic (exact) mass is 300 g/mol. The molecule has 3 aromatic rings. The van der Waals surface area contributed by atoms with Gasteiger partial charge >= 0.3 is 6.18 Å². The lowest BCUT2D eigenvalue weighted by Gasteiger charge is -2.10. The third kappa shape index (κ3) is 2.69. The van der Waals surface area contributed by atoms with Crippen molar-refractivity contribution in [2.45, 2.75) is 13.1 Å². The summed E-state index contributed by atoms with van der Waals surface area (Å²) in [6.07, 6.45) is -2.45. The maximum Gasteiger partial charge on any atom is 0.416 e. The number of pyridine rings is 1. The number of aromatic nitrogens is 1. The molecular formula is C18H13F3N. The number of hydrogen-bond acceptors (Lipinski definition) is 1. The smallest absolute Gasteiger partial charge is 0.252 e. The van der Waals surface area contributed by atoms with Gasteiger partial charge < -0.3 is 0 Å². The molecule has 0 amide bonds. The Bertz CT molecular complexity index is 805. The van der Waals surface area contributed by atoms with Gasteiger partial charge in [0.05, 0.1) is 11.3 Å². The van der Waals surface area contributed by atoms with Gasteiger partial charge in [-0.05, 0) is 23.6 Å². The van der Waals surface area contributed by atoms with Gasteiger partial charge in [0.15, 0.2) is 0 Å². The second-order valence-electron chi connectivity index (χ2n) is 4.98. The van der Waals surface area contributed by atoms with Crippen molar-refractivity contribution in [3.63, 3.8) is 0 Å². The van der Waals surface area contributed by atoms with E-state index in [1.54, 1.807) is 0 Å². The average molecular weight is 300 g/mol. The average Bonchev–Trinajstić information content (AvgIpc) is 2.53. The van der Waals surface area contributed by atoms with Crippen molar-refractivity contribution in [1.82, 2.24) is 4.98 Å². The van der Waals surface area contributed by atoms with E-state index in [1.165, 1.54) is 12.1 Å². The summed E-state index contributed by atoms with van der Waals surface area (Å²) in [6, 6.07) is 14.8. The molecule has 0 spiro atoms. The molecule has 0 bridgehead atoms. The van der Waals surface area contributed by atoms with Crippen molar-refractivity contribution < 1.29 is 13.2 Å². The van der Waals surface area contributed by atoms with Crippen molar-refractivity contribution in [3.05, 3.63) is 72.3 Å². The van der Waals surface area contributed by atoms with Crippen LogP contribution in [0.15, 0.2) is 54.6 Å². The number of halogens is 3. The first kappa shape index (κ1) is 14.6. The summed E-state index contributed by atoms with van der Waals surface area (Å²) < 4.78 is 38.0. The van der Waals surface area contributed by atoms with E-state index < -0.39 is 11.7 Å². The van der Waals surface area contributed by atoms with Crippen LogP contribution in [-0.2, 0) is 6.18 Å². The highest BCUT2D eigenvalue weighted by atomic mass is 19.4. The minimum absolute atomic E-state index is 0.654. The second-order valence-corrected chi connectivity index (χ2v) is 4.98. The second kappa shape index (κ2) is 5.44. The first-order chi connectivity index (χ1) is 10.5. The van der Waals surface area contributed by atoms with E-state index >= 15 is 0 Å². The van der Waals surface area contributed by atoms with Crippen LogP contribution in [0.3, 0.4) is 0 Å². The Labute approximate surface area is 126 Å². The van der Waals surface area contributed by atoms with Crippen molar-refractivity contribution in [1.29, 1.82) is 0 Å². The molecule has 1 aromatic heterocycles. The molecule has 0 N–H and O–H groups in total. The molecule has 1 nitrogen and oxygen atoms in total. The normalized spacial score (nSPS) is 11.8. The number of fused-ring (bicyclic) bond motifs is 1. The molecule has 111 valence electrons. The van der Waals surface area contributed by atoms with Crippen LogP contribution < -0.4 is 0 Å². The zero-order valence-corrected chi connectivity index (χ0v) is 11.9. The van der Waals surface area contributed by atoms with Crippen molar-refractivity contribution in [2.75, 3.05) is 0 Å². The maximum atomic E-state index is 12.7. The van der Waals surface area contributed by atoms with Gasteiger partial charge in [0.2, 0.25) is 0 Å². The molecule has 0 aliphatic carbocycles. The molecule has 0 saturated carbocycles. The van der Waals surface area contributed by atoms with Crippen LogP contribution in [0.4, 0.5) is 13.2 Å². The fourth-order valence-electron chi connectivity index (χ4n) is 2.40. The predicted octanol–water partition coefficient (Wildman–Crippen LogP) is 5.49. The van der Waals surface area contributed by atoms with Gasteiger partial charge in [-0.1, -0.05) is 43.3 Å². The molecule has 2 aromatic carbocycles. The van der Waals surface area contributed by atoms with Crippen LogP contribution in [0.1, 0.15) is 18.2 Å². The maximum absolute atomic E-state index is 12.7. The fraction of sp³-hybridized carbons (Fsp3) is 0.111. The molecule has 0 aliphatic heterocycles. The van der Waals surface area contributed by atoms with Crippen LogP contribution in [0.5, 0.6) is 0 Å². The Morgan fingerprint density at radius 2 is 1.64 bits per heavy atom. The lowest BCUT2D eigenvalue weighted by atomic mass is 10.0. The summed E-state index contributed by atoms with van der Waals surface area (Å²) in [6.45, 7) is 1.88. The summed E-state index contributed by atoms with van der Waals surface area (Å²) in [7, 11) is 0. The topological polar surface area (TPSA) is 12.9 Å². The van der Waals surface area contributed by atoms with Gasteiger partial charge in [0.1, 0.15) is 0 Å². The molecule has 0 aliphatic rings. The van der Waals surface area contributed by atoms with Crippen LogP contribution in [0.2, 0.25) is 0 Å². The molecule has 4 heteroatoms. The predicted molar refractivity (Wildman–Crippen MR) is 81.3 cm³/mol. The number of alkyl halides is 3. The standard InChI is InChI=1S/C18H13F3N/c1-2-15-11-13-5-3-4-6-16(13)17(22-15)12-7-9-14(10-8-12)18(19,20)21/h2-11H,1H3. The van der Waals surface area contributed by atoms with E-state index in [0.29, 0.717) is 11.3 Å². The number of rotatable bonds is 2. The minimum atomic E-state index is -4.33. The Balaban J connectivity index is 2.17. The summed E-state index contributed by atoms with van der Waals surface area (Å²) in [5, 5.41) is 1.94. The van der Waals surface area contributed by atoms with Gasteiger partial charge in [0.25, 0.3) is 0 Å². The van der Waals surface area contributed by atoms with Crippen LogP contribution in [0.25, 0.3) is 22.0 Å². The van der Waals surface area contributed by atoms with Crippen molar-refractivity contribution in [3.8, 4) is 11.3 Å². The lowest BCUT2D eigenvalue weighted by molar-refractivity contribution is -0.137. The Morgan fingerprint density at radius 3 is 2.27 bits per heavy atom. The molecule has 1 radical (unpaired) electrons. The molecular weight excluding hydrogens is 287 g/mol. The third-order valence-electron chi connectivity index (χ3n) is 3.54. The molecule has 22 heavy (non-hydrogen) atoms. The zero-order valence-electron chi connectivity index (χ0n) is 11.9. The zero-order chi connectivity index (χ0) is 15.7. The molecule has 0 fully saturated rings. The summed E-state index contributed by atoms with van der Waals surface area (Å²) >= 11 is 0. The summed E-state index contributed by atoms with van der Waals surface area (Å²) in [4.78, 5) is 4.54. The van der Waals surface area contributed by atoms with E-state index in [0.717, 1.165) is 28.6 Å². The van der Waals surface area contributed by atoms with E-state index in [9.17, 15) is 13.2 Å². The largest absolute Gasteiger partial charge is 0.416 e. The van der Waals surface area contributed by atoms with Gasteiger partial charge in [-0.2, -0.15) is 13.2 Å². The van der Waals surface area contributed by atoms with Crippen LogP contribution >= 0.6 is 0 Å². The van der Waals surface area contributed by atoms with Gasteiger partial charge in [-0.15, -0.1) is 0 Å². The molecule has 0 unspecified atom stereocenters. The summed E-state index contributed by atoms with van der Waals surface area (Å²) in [5.74, 6) is 0. The van der Waals surface area contributed by atoms with Crippen LogP contribution in [0, 0.1) is 6.42 Å². The number of benzene rings is 2. The number of hydrogen-bond donors (Lipinski definition) is 0. The fourth-order valence-corrected chi connectivity index (χ4v) is 2.40. The Hall–Kier alpha value is -2.36. The summed E-state index contributed by atoms with van der Waals surface area (Å²) in [5.41, 5.74) is 1.51. The van der Waals surface area contributed by atoms with Gasteiger partial charge in [-0.3, -0.25) is 4.98 Å². The van der Waals surface area contributed by atoms with E-state index in [4.69, 9.17) is 0 Å². The van der Waals surface area contributed by atoms with E-state index in [-0.39, 0.29) is 0 Å². The highest BCUT2D eigenvalue weighted by Crippen LogP contribution is 2.32. The lowest BCUT2D eigenvalue weighted by Crippen LogP contribution is -2.04. The van der Waals surface area contributed by atoms with Gasteiger partial charge in [0, 0.05) is 23.1 Å². The Kier molecular flexibility index (Phi) is 3.61. The van der Waals surface area contributed by atoms with E-state index in [1.807, 2.05) is 43.7 Å². The van der Waals surface area contributed by atoms with E-state index in [2.05, 4.69) is 4.98 Å². The quantitative estimate of drug-likeness (QED) is 0.609. The molecule has 1 heterocycles. The first-order valence-electron chi connectivity index (χ1n) is 6.86. The molecule has 0 atom stereocenters. The highest BCUT2D eigenvalue weighted by molar-refractivity contribution is 5.95. The van der Waals surface area contributed by atoms with Gasteiger partial charge in [-0.25, -0.2) is 0 Å². The SMILES string of the molecule is C[CH]c1cc2ccccc2c(-c2ccc(C(F)(F)F)cc2)n1. The van der Waals surface area contributed by atoms with Crippen LogP contribution in [-0.4, -0.2) is 4.98 Å². The molecule has 0 saturated heterocycles. The minimum Gasteiger partial charge on any atom is -0.252 e. The number of nitrogens with zero attached hydrogens (tertiary/aromatic N) is 1. The first-order valence-corrected chi connectivity index (χ1v) is 6.86. The highest BCUT2D eigenvalue weighted by Gasteiger charge is 2.30.